The summed E-state index contributed by atoms with van der Waals surface area (Å²) in [5.41, 5.74) is 3.33. The first-order chi connectivity index (χ1) is 30.4. The molecule has 11 rings (SSSR count). The van der Waals surface area contributed by atoms with Gasteiger partial charge in [0.05, 0.1) is 31.4 Å². The number of hydrogen-bond acceptors (Lipinski definition) is 4. The van der Waals surface area contributed by atoms with E-state index in [4.69, 9.17) is 8.83 Å². The fourth-order valence-electron chi connectivity index (χ4n) is 7.36. The highest BCUT2D eigenvalue weighted by atomic mass is 79.9. The van der Waals surface area contributed by atoms with Crippen molar-refractivity contribution in [1.82, 2.24) is 0 Å². The molecule has 0 fully saturated rings. The average Bonchev–Trinajstić information content (AvgIpc) is 3.93. The van der Waals surface area contributed by atoms with Crippen molar-refractivity contribution in [2.24, 2.45) is 0 Å². The predicted molar refractivity (Wildman–Crippen MR) is 262 cm³/mol. The molecular weight excluding hydrogens is 937 g/mol. The lowest BCUT2D eigenvalue weighted by atomic mass is 10.1. The first-order valence-electron chi connectivity index (χ1n) is 19.8. The SMILES string of the molecule is O=[S@@](c1ccccc1)c1c(-c2ccccc2)oc2ccc3cc(Br)ccc3c12.O=[S@](c1ccccc1)c1c(-c2ccccc2)oc2ccc3cc(Br)ccc3c12.c1ccccc1. The van der Waals surface area contributed by atoms with Gasteiger partial charge in [-0.1, -0.05) is 190 Å². The summed E-state index contributed by atoms with van der Waals surface area (Å²) in [4.78, 5) is 2.97. The molecule has 2 heterocycles. The van der Waals surface area contributed by atoms with Crippen LogP contribution in [-0.4, -0.2) is 8.42 Å². The molecule has 9 aromatic carbocycles. The lowest BCUT2D eigenvalue weighted by Gasteiger charge is -2.06. The van der Waals surface area contributed by atoms with Crippen LogP contribution in [0.2, 0.25) is 0 Å². The van der Waals surface area contributed by atoms with Crippen LogP contribution in [0.25, 0.3) is 66.1 Å². The van der Waals surface area contributed by atoms with Gasteiger partial charge in [0.1, 0.15) is 11.2 Å². The number of hydrogen-bond donors (Lipinski definition) is 0. The van der Waals surface area contributed by atoms with Crippen LogP contribution < -0.4 is 0 Å². The molecule has 0 unspecified atom stereocenters. The van der Waals surface area contributed by atoms with Crippen LogP contribution in [0, 0.1) is 0 Å². The summed E-state index contributed by atoms with van der Waals surface area (Å²) in [5.74, 6) is 1.32. The van der Waals surface area contributed by atoms with Crippen LogP contribution in [0.1, 0.15) is 0 Å². The molecule has 302 valence electrons. The molecule has 0 N–H and O–H groups in total. The van der Waals surface area contributed by atoms with Gasteiger partial charge in [-0.25, -0.2) is 8.42 Å². The highest BCUT2D eigenvalue weighted by Gasteiger charge is 2.25. The molecule has 62 heavy (non-hydrogen) atoms. The van der Waals surface area contributed by atoms with E-state index in [0.29, 0.717) is 11.5 Å². The van der Waals surface area contributed by atoms with E-state index >= 15 is 0 Å². The number of rotatable bonds is 6. The summed E-state index contributed by atoms with van der Waals surface area (Å²) >= 11 is 7.08. The number of fused-ring (bicyclic) bond motifs is 6. The van der Waals surface area contributed by atoms with Crippen LogP contribution in [0.5, 0.6) is 0 Å². The van der Waals surface area contributed by atoms with Gasteiger partial charge in [-0.2, -0.15) is 0 Å². The molecule has 4 nitrogen and oxygen atoms in total. The predicted octanol–water partition coefficient (Wildman–Crippen LogP) is 16.1. The molecule has 2 atom stereocenters. The Morgan fingerprint density at radius 2 is 0.677 bits per heavy atom. The maximum absolute atomic E-state index is 13.7. The molecule has 0 aliphatic heterocycles. The molecule has 0 spiro atoms. The van der Waals surface area contributed by atoms with Crippen molar-refractivity contribution in [3.8, 4) is 22.6 Å². The second-order valence-electron chi connectivity index (χ2n) is 14.2. The van der Waals surface area contributed by atoms with Crippen molar-refractivity contribution < 1.29 is 17.3 Å². The van der Waals surface area contributed by atoms with E-state index in [1.807, 2.05) is 194 Å². The fraction of sp³-hybridized carbons (Fsp3) is 0. The van der Waals surface area contributed by atoms with E-state index < -0.39 is 21.6 Å². The standard InChI is InChI=1S/2C24H15BrO2S.C6H6/c2*25-18-12-13-20-17(15-18)11-14-21-22(20)24(28(26)19-9-5-2-6-10-19)23(27-21)16-7-3-1-4-8-16;1-2-4-6-5-3-1/h2*1-15H;1-6H/t2*28-;/m10./s1. The Labute approximate surface area is 381 Å². The largest absolute Gasteiger partial charge is 0.455 e. The van der Waals surface area contributed by atoms with Gasteiger partial charge in [0, 0.05) is 40.6 Å². The molecular formula is C54H36Br2O4S2. The van der Waals surface area contributed by atoms with E-state index in [1.165, 1.54) is 0 Å². The Morgan fingerprint density at radius 3 is 1.03 bits per heavy atom. The van der Waals surface area contributed by atoms with Gasteiger partial charge in [-0.3, -0.25) is 0 Å². The Kier molecular flexibility index (Phi) is 12.5. The van der Waals surface area contributed by atoms with Crippen molar-refractivity contribution >= 4 is 96.9 Å². The van der Waals surface area contributed by atoms with Crippen molar-refractivity contribution in [1.29, 1.82) is 0 Å². The Morgan fingerprint density at radius 1 is 0.355 bits per heavy atom. The van der Waals surface area contributed by atoms with Gasteiger partial charge in [-0.15, -0.1) is 0 Å². The zero-order valence-corrected chi connectivity index (χ0v) is 37.8. The number of furan rings is 2. The van der Waals surface area contributed by atoms with E-state index in [9.17, 15) is 8.42 Å². The Bertz CT molecular complexity index is 3100. The van der Waals surface area contributed by atoms with Crippen LogP contribution in [0.15, 0.2) is 256 Å². The van der Waals surface area contributed by atoms with Gasteiger partial charge < -0.3 is 8.83 Å². The van der Waals surface area contributed by atoms with Gasteiger partial charge in [-0.05, 0) is 82.2 Å². The first kappa shape index (κ1) is 41.2. The molecule has 0 aliphatic carbocycles. The highest BCUT2D eigenvalue weighted by Crippen LogP contribution is 2.43. The zero-order valence-electron chi connectivity index (χ0n) is 33.0. The maximum atomic E-state index is 13.7. The molecule has 0 radical (unpaired) electrons. The maximum Gasteiger partial charge on any atom is 0.151 e. The normalized spacial score (nSPS) is 12.0. The quantitative estimate of drug-likeness (QED) is 0.167. The van der Waals surface area contributed by atoms with Crippen molar-refractivity contribution in [2.75, 3.05) is 0 Å². The summed E-state index contributed by atoms with van der Waals surface area (Å²) in [7, 11) is -2.74. The van der Waals surface area contributed by atoms with Gasteiger partial charge in [0.2, 0.25) is 0 Å². The summed E-state index contributed by atoms with van der Waals surface area (Å²) < 4.78 is 41.9. The summed E-state index contributed by atoms with van der Waals surface area (Å²) in [6.45, 7) is 0. The summed E-state index contributed by atoms with van der Waals surface area (Å²) in [6, 6.07) is 71.1. The third-order valence-corrected chi connectivity index (χ3v) is 14.1. The second-order valence-corrected chi connectivity index (χ2v) is 18.8. The number of benzene rings is 9. The zero-order chi connectivity index (χ0) is 42.4. The minimum atomic E-state index is -1.37. The third kappa shape index (κ3) is 8.65. The summed E-state index contributed by atoms with van der Waals surface area (Å²) in [6.07, 6.45) is 0. The Balaban J connectivity index is 0.000000139. The number of halogens is 2. The topological polar surface area (TPSA) is 60.4 Å². The molecule has 0 amide bonds. The minimum absolute atomic E-state index is 0.660. The first-order valence-corrected chi connectivity index (χ1v) is 23.7. The molecule has 0 bridgehead atoms. The molecule has 8 heteroatoms. The van der Waals surface area contributed by atoms with Crippen LogP contribution >= 0.6 is 31.9 Å². The van der Waals surface area contributed by atoms with E-state index in [-0.39, 0.29) is 0 Å². The monoisotopic (exact) mass is 970 g/mol. The third-order valence-electron chi connectivity index (χ3n) is 10.2. The van der Waals surface area contributed by atoms with E-state index in [0.717, 1.165) is 83.1 Å². The lowest BCUT2D eigenvalue weighted by Crippen LogP contribution is -1.94. The van der Waals surface area contributed by atoms with Crippen molar-refractivity contribution in [3.63, 3.8) is 0 Å². The lowest BCUT2D eigenvalue weighted by molar-refractivity contribution is 0.622. The van der Waals surface area contributed by atoms with Crippen molar-refractivity contribution in [3.05, 3.63) is 227 Å². The molecule has 11 aromatic rings. The van der Waals surface area contributed by atoms with Crippen LogP contribution in [-0.2, 0) is 21.6 Å². The molecule has 0 saturated heterocycles. The van der Waals surface area contributed by atoms with Gasteiger partial charge in [0.25, 0.3) is 0 Å². The van der Waals surface area contributed by atoms with E-state index in [1.54, 1.807) is 0 Å². The summed E-state index contributed by atoms with van der Waals surface area (Å²) in [5, 5.41) is 6.04. The van der Waals surface area contributed by atoms with E-state index in [2.05, 4.69) is 56.1 Å². The fourth-order valence-corrected chi connectivity index (χ4v) is 10.8. The van der Waals surface area contributed by atoms with Crippen LogP contribution in [0.3, 0.4) is 0 Å². The molecule has 0 saturated carbocycles. The molecule has 0 aliphatic rings. The van der Waals surface area contributed by atoms with Gasteiger partial charge in [0.15, 0.2) is 11.5 Å². The Hall–Kier alpha value is -6.16. The van der Waals surface area contributed by atoms with Crippen molar-refractivity contribution in [2.45, 2.75) is 19.6 Å². The second kappa shape index (κ2) is 18.8. The minimum Gasteiger partial charge on any atom is -0.455 e. The average molecular weight is 973 g/mol. The van der Waals surface area contributed by atoms with Gasteiger partial charge >= 0.3 is 0 Å². The molecule has 2 aromatic heterocycles. The highest BCUT2D eigenvalue weighted by molar-refractivity contribution is 9.10. The smallest absolute Gasteiger partial charge is 0.151 e. The van der Waals surface area contributed by atoms with Crippen LogP contribution in [0.4, 0.5) is 0 Å².